The van der Waals surface area contributed by atoms with Gasteiger partial charge < -0.3 is 15.5 Å². The molecule has 0 spiro atoms. The van der Waals surface area contributed by atoms with E-state index < -0.39 is 0 Å². The minimum absolute atomic E-state index is 0.139. The third-order valence-electron chi connectivity index (χ3n) is 3.38. The second-order valence-corrected chi connectivity index (χ2v) is 4.48. The number of aryl methyl sites for hydroxylation is 1. The van der Waals surface area contributed by atoms with Crippen LogP contribution in [0.1, 0.15) is 15.9 Å². The highest BCUT2D eigenvalue weighted by Crippen LogP contribution is 2.31. The molecule has 2 N–H and O–H groups in total. The number of benzene rings is 1. The minimum atomic E-state index is -0.274. The minimum Gasteiger partial charge on any atom is -0.346 e. The smallest absolute Gasteiger partial charge is 0.255 e. The summed E-state index contributed by atoms with van der Waals surface area (Å²) >= 11 is 0. The predicted molar refractivity (Wildman–Crippen MR) is 62.6 cm³/mol. The zero-order valence-electron chi connectivity index (χ0n) is 9.59. The van der Waals surface area contributed by atoms with Gasteiger partial charge in [0, 0.05) is 19.6 Å². The van der Waals surface area contributed by atoms with Gasteiger partial charge in [-0.15, -0.1) is 0 Å². The lowest BCUT2D eigenvalue weighted by atomic mass is 10.0. The number of halogens is 1. The SMILES string of the molecule is Cc1ccc2c(c1F)N1CCNCC1NC2=O. The Labute approximate surface area is 98.8 Å². The van der Waals surface area contributed by atoms with E-state index in [2.05, 4.69) is 10.6 Å². The molecule has 1 unspecified atom stereocenters. The fourth-order valence-corrected chi connectivity index (χ4v) is 2.46. The molecule has 1 aromatic carbocycles. The van der Waals surface area contributed by atoms with Gasteiger partial charge in [-0.2, -0.15) is 0 Å². The molecule has 2 aliphatic heterocycles. The molecule has 0 saturated carbocycles. The van der Waals surface area contributed by atoms with E-state index in [-0.39, 0.29) is 17.9 Å². The van der Waals surface area contributed by atoms with Gasteiger partial charge in [-0.1, -0.05) is 6.07 Å². The van der Waals surface area contributed by atoms with Crippen LogP contribution in [0.25, 0.3) is 0 Å². The molecule has 3 rings (SSSR count). The zero-order chi connectivity index (χ0) is 12.0. The number of rotatable bonds is 0. The van der Waals surface area contributed by atoms with Crippen molar-refractivity contribution in [2.45, 2.75) is 13.1 Å². The molecule has 1 saturated heterocycles. The van der Waals surface area contributed by atoms with Crippen molar-refractivity contribution >= 4 is 11.6 Å². The summed E-state index contributed by atoms with van der Waals surface area (Å²) in [6, 6.07) is 3.34. The Kier molecular flexibility index (Phi) is 2.29. The van der Waals surface area contributed by atoms with Crippen molar-refractivity contribution < 1.29 is 9.18 Å². The van der Waals surface area contributed by atoms with Crippen LogP contribution in [0.2, 0.25) is 0 Å². The monoisotopic (exact) mass is 235 g/mol. The van der Waals surface area contributed by atoms with Crippen LogP contribution in [-0.2, 0) is 0 Å². The van der Waals surface area contributed by atoms with E-state index in [4.69, 9.17) is 0 Å². The number of fused-ring (bicyclic) bond motifs is 3. The van der Waals surface area contributed by atoms with E-state index in [1.807, 2.05) is 4.90 Å². The molecular weight excluding hydrogens is 221 g/mol. The summed E-state index contributed by atoms with van der Waals surface area (Å²) < 4.78 is 14.2. The standard InChI is InChI=1S/C12H14FN3O/c1-7-2-3-8-11(10(7)13)16-5-4-14-6-9(16)15-12(8)17/h2-3,9,14H,4-6H2,1H3,(H,15,17). The number of carbonyl (C=O) groups excluding carboxylic acids is 1. The highest BCUT2D eigenvalue weighted by atomic mass is 19.1. The van der Waals surface area contributed by atoms with Crippen LogP contribution in [0.15, 0.2) is 12.1 Å². The second kappa shape index (κ2) is 3.70. The largest absolute Gasteiger partial charge is 0.346 e. The van der Waals surface area contributed by atoms with E-state index >= 15 is 0 Å². The molecule has 2 heterocycles. The van der Waals surface area contributed by atoms with Crippen LogP contribution in [0, 0.1) is 12.7 Å². The maximum Gasteiger partial charge on any atom is 0.255 e. The molecule has 1 fully saturated rings. The predicted octanol–water partition coefficient (Wildman–Crippen LogP) is 0.613. The van der Waals surface area contributed by atoms with Crippen molar-refractivity contribution in [3.63, 3.8) is 0 Å². The topological polar surface area (TPSA) is 44.4 Å². The lowest BCUT2D eigenvalue weighted by Gasteiger charge is -2.42. The Morgan fingerprint density at radius 3 is 3.12 bits per heavy atom. The Hall–Kier alpha value is -1.62. The summed E-state index contributed by atoms with van der Waals surface area (Å²) in [5.41, 5.74) is 1.47. The van der Waals surface area contributed by atoms with Gasteiger partial charge in [-0.05, 0) is 18.6 Å². The number of carbonyl (C=O) groups is 1. The van der Waals surface area contributed by atoms with E-state index in [9.17, 15) is 9.18 Å². The van der Waals surface area contributed by atoms with Crippen molar-refractivity contribution in [2.75, 3.05) is 24.5 Å². The summed E-state index contributed by atoms with van der Waals surface area (Å²) in [6.07, 6.45) is -0.139. The third-order valence-corrected chi connectivity index (χ3v) is 3.38. The lowest BCUT2D eigenvalue weighted by Crippen LogP contribution is -2.62. The molecule has 1 amide bonds. The summed E-state index contributed by atoms with van der Waals surface area (Å²) in [5.74, 6) is -0.465. The molecule has 5 heteroatoms. The molecule has 1 atom stereocenters. The summed E-state index contributed by atoms with van der Waals surface area (Å²) in [7, 11) is 0. The second-order valence-electron chi connectivity index (χ2n) is 4.48. The number of amides is 1. The highest BCUT2D eigenvalue weighted by molar-refractivity contribution is 6.02. The lowest BCUT2D eigenvalue weighted by molar-refractivity contribution is 0.0921. The van der Waals surface area contributed by atoms with Crippen molar-refractivity contribution in [1.82, 2.24) is 10.6 Å². The van der Waals surface area contributed by atoms with E-state index in [0.717, 1.165) is 6.54 Å². The number of nitrogens with one attached hydrogen (secondary N) is 2. The van der Waals surface area contributed by atoms with E-state index in [1.54, 1.807) is 19.1 Å². The van der Waals surface area contributed by atoms with Gasteiger partial charge in [-0.3, -0.25) is 4.79 Å². The Morgan fingerprint density at radius 1 is 1.47 bits per heavy atom. The first-order chi connectivity index (χ1) is 8.18. The molecule has 4 nitrogen and oxygen atoms in total. The number of piperazine rings is 1. The number of nitrogens with zero attached hydrogens (tertiary/aromatic N) is 1. The maximum absolute atomic E-state index is 14.2. The van der Waals surface area contributed by atoms with E-state index in [1.165, 1.54) is 0 Å². The molecule has 0 aliphatic carbocycles. The molecule has 2 aliphatic rings. The molecule has 1 aromatic rings. The van der Waals surface area contributed by atoms with Crippen LogP contribution < -0.4 is 15.5 Å². The summed E-state index contributed by atoms with van der Waals surface area (Å²) in [5, 5.41) is 6.07. The third kappa shape index (κ3) is 1.50. The molecule has 17 heavy (non-hydrogen) atoms. The van der Waals surface area contributed by atoms with Crippen LogP contribution in [0.3, 0.4) is 0 Å². The quantitative estimate of drug-likeness (QED) is 0.692. The number of hydrogen-bond acceptors (Lipinski definition) is 3. The van der Waals surface area contributed by atoms with Gasteiger partial charge in [0.2, 0.25) is 0 Å². The van der Waals surface area contributed by atoms with Crippen LogP contribution >= 0.6 is 0 Å². The van der Waals surface area contributed by atoms with Crippen molar-refractivity contribution in [2.24, 2.45) is 0 Å². The van der Waals surface area contributed by atoms with Gasteiger partial charge in [0.1, 0.15) is 12.0 Å². The molecular formula is C12H14FN3O. The van der Waals surface area contributed by atoms with Crippen molar-refractivity contribution in [3.05, 3.63) is 29.1 Å². The van der Waals surface area contributed by atoms with Crippen LogP contribution in [0.4, 0.5) is 10.1 Å². The van der Waals surface area contributed by atoms with Crippen LogP contribution in [-0.4, -0.2) is 31.7 Å². The molecule has 0 bridgehead atoms. The van der Waals surface area contributed by atoms with Gasteiger partial charge in [-0.25, -0.2) is 4.39 Å². The molecule has 90 valence electrons. The fourth-order valence-electron chi connectivity index (χ4n) is 2.46. The molecule has 0 radical (unpaired) electrons. The normalized spacial score (nSPS) is 22.8. The number of hydrogen-bond donors (Lipinski definition) is 2. The highest BCUT2D eigenvalue weighted by Gasteiger charge is 2.34. The Bertz CT molecular complexity index is 489. The van der Waals surface area contributed by atoms with Gasteiger partial charge in [0.05, 0.1) is 11.3 Å². The zero-order valence-corrected chi connectivity index (χ0v) is 9.59. The van der Waals surface area contributed by atoms with Gasteiger partial charge in [0.15, 0.2) is 0 Å². The summed E-state index contributed by atoms with van der Waals surface area (Å²) in [4.78, 5) is 13.8. The van der Waals surface area contributed by atoms with Crippen molar-refractivity contribution in [3.8, 4) is 0 Å². The van der Waals surface area contributed by atoms with Crippen molar-refractivity contribution in [1.29, 1.82) is 0 Å². The Morgan fingerprint density at radius 2 is 2.29 bits per heavy atom. The average Bonchev–Trinajstić information content (AvgIpc) is 2.33. The number of anilines is 1. The van der Waals surface area contributed by atoms with Gasteiger partial charge >= 0.3 is 0 Å². The molecule has 0 aromatic heterocycles. The van der Waals surface area contributed by atoms with E-state index in [0.29, 0.717) is 29.9 Å². The first-order valence-electron chi connectivity index (χ1n) is 5.76. The van der Waals surface area contributed by atoms with Crippen LogP contribution in [0.5, 0.6) is 0 Å². The first kappa shape index (κ1) is 10.5. The Balaban J connectivity index is 2.16. The summed E-state index contributed by atoms with van der Waals surface area (Å²) in [6.45, 7) is 3.88. The average molecular weight is 235 g/mol. The maximum atomic E-state index is 14.2. The first-order valence-corrected chi connectivity index (χ1v) is 5.76. The van der Waals surface area contributed by atoms with Gasteiger partial charge in [0.25, 0.3) is 5.91 Å². The fraction of sp³-hybridized carbons (Fsp3) is 0.417.